The summed E-state index contributed by atoms with van der Waals surface area (Å²) in [6.45, 7) is 2.84. The lowest BCUT2D eigenvalue weighted by Crippen LogP contribution is -2.49. The van der Waals surface area contributed by atoms with Crippen LogP contribution in [-0.4, -0.2) is 48.5 Å². The number of halogens is 1. The molecule has 1 heterocycles. The van der Waals surface area contributed by atoms with Crippen molar-refractivity contribution < 1.29 is 14.5 Å². The van der Waals surface area contributed by atoms with Crippen LogP contribution in [0.1, 0.15) is 5.56 Å². The molecule has 2 aromatic rings. The van der Waals surface area contributed by atoms with Crippen molar-refractivity contribution in [2.45, 2.75) is 6.61 Å². The highest BCUT2D eigenvalue weighted by Crippen LogP contribution is 2.21. The van der Waals surface area contributed by atoms with Gasteiger partial charge in [0.1, 0.15) is 6.61 Å². The number of amides is 1. The summed E-state index contributed by atoms with van der Waals surface area (Å²) in [5.74, 6) is -0.0506. The van der Waals surface area contributed by atoms with E-state index in [9.17, 15) is 14.9 Å². The van der Waals surface area contributed by atoms with Crippen LogP contribution >= 0.6 is 11.6 Å². The second kappa shape index (κ2) is 8.83. The van der Waals surface area contributed by atoms with Crippen molar-refractivity contribution in [2.24, 2.45) is 0 Å². The molecule has 8 heteroatoms. The summed E-state index contributed by atoms with van der Waals surface area (Å²) in [4.78, 5) is 26.5. The van der Waals surface area contributed by atoms with Gasteiger partial charge in [-0.3, -0.25) is 14.9 Å². The smallest absolute Gasteiger partial charge is 0.269 e. The maximum Gasteiger partial charge on any atom is 0.269 e. The van der Waals surface area contributed by atoms with Gasteiger partial charge >= 0.3 is 0 Å². The molecule has 1 aliphatic heterocycles. The molecule has 2 aromatic carbocycles. The Morgan fingerprint density at radius 3 is 2.37 bits per heavy atom. The average Bonchev–Trinajstić information content (AvgIpc) is 2.69. The summed E-state index contributed by atoms with van der Waals surface area (Å²) in [5, 5.41) is 11.4. The Balaban J connectivity index is 1.45. The summed E-state index contributed by atoms with van der Waals surface area (Å²) in [5.41, 5.74) is 1.85. The molecule has 0 spiro atoms. The van der Waals surface area contributed by atoms with E-state index in [1.807, 2.05) is 18.2 Å². The van der Waals surface area contributed by atoms with E-state index in [0.717, 1.165) is 11.3 Å². The van der Waals surface area contributed by atoms with Gasteiger partial charge < -0.3 is 14.5 Å². The van der Waals surface area contributed by atoms with Gasteiger partial charge in [-0.05, 0) is 23.8 Å². The minimum absolute atomic E-state index is 0.0166. The van der Waals surface area contributed by atoms with Gasteiger partial charge in [0.05, 0.1) is 11.5 Å². The molecular formula is C19H20ClN3O4. The molecule has 0 saturated carbocycles. The number of hydrogen-bond acceptors (Lipinski definition) is 5. The molecule has 142 valence electrons. The van der Waals surface area contributed by atoms with Gasteiger partial charge in [0.2, 0.25) is 5.91 Å². The molecule has 1 amide bonds. The zero-order chi connectivity index (χ0) is 19.2. The summed E-state index contributed by atoms with van der Waals surface area (Å²) >= 11 is 6.07. The van der Waals surface area contributed by atoms with Crippen LogP contribution < -0.4 is 4.90 Å². The first-order chi connectivity index (χ1) is 13.0. The van der Waals surface area contributed by atoms with Gasteiger partial charge in [-0.1, -0.05) is 29.8 Å². The molecule has 7 nitrogen and oxygen atoms in total. The van der Waals surface area contributed by atoms with Gasteiger partial charge in [0.15, 0.2) is 0 Å². The topological polar surface area (TPSA) is 75.9 Å². The predicted octanol–water partition coefficient (Wildman–Crippen LogP) is 3.11. The molecule has 1 saturated heterocycles. The fourth-order valence-electron chi connectivity index (χ4n) is 2.95. The molecule has 0 bridgehead atoms. The van der Waals surface area contributed by atoms with E-state index in [4.69, 9.17) is 16.3 Å². The lowest BCUT2D eigenvalue weighted by Gasteiger charge is -2.36. The van der Waals surface area contributed by atoms with Crippen LogP contribution in [0, 0.1) is 10.1 Å². The maximum atomic E-state index is 12.3. The first-order valence-corrected chi connectivity index (χ1v) is 9.01. The van der Waals surface area contributed by atoms with E-state index in [2.05, 4.69) is 4.90 Å². The number of carbonyl (C=O) groups is 1. The molecule has 3 rings (SSSR count). The molecule has 1 aliphatic rings. The van der Waals surface area contributed by atoms with E-state index in [0.29, 0.717) is 37.8 Å². The summed E-state index contributed by atoms with van der Waals surface area (Å²) in [7, 11) is 0. The lowest BCUT2D eigenvalue weighted by molar-refractivity contribution is -0.384. The number of piperazine rings is 1. The van der Waals surface area contributed by atoms with Crippen LogP contribution in [0.15, 0.2) is 48.5 Å². The van der Waals surface area contributed by atoms with E-state index < -0.39 is 4.92 Å². The van der Waals surface area contributed by atoms with Gasteiger partial charge in [-0.2, -0.15) is 0 Å². The Bertz CT molecular complexity index is 805. The van der Waals surface area contributed by atoms with Crippen molar-refractivity contribution in [3.63, 3.8) is 0 Å². The van der Waals surface area contributed by atoms with Crippen LogP contribution in [0.4, 0.5) is 11.4 Å². The zero-order valence-electron chi connectivity index (χ0n) is 14.7. The maximum absolute atomic E-state index is 12.3. The van der Waals surface area contributed by atoms with Gasteiger partial charge in [0, 0.05) is 49.0 Å². The van der Waals surface area contributed by atoms with E-state index in [-0.39, 0.29) is 18.2 Å². The second-order valence-electron chi connectivity index (χ2n) is 6.23. The minimum atomic E-state index is -0.414. The van der Waals surface area contributed by atoms with Crippen molar-refractivity contribution in [3.8, 4) is 0 Å². The summed E-state index contributed by atoms with van der Waals surface area (Å²) in [6.07, 6.45) is 0. The van der Waals surface area contributed by atoms with Crippen molar-refractivity contribution in [3.05, 3.63) is 69.2 Å². The number of hydrogen-bond donors (Lipinski definition) is 0. The average molecular weight is 390 g/mol. The Kier molecular flexibility index (Phi) is 6.26. The number of non-ortho nitro benzene ring substituents is 1. The number of nitrogens with zero attached hydrogens (tertiary/aromatic N) is 3. The number of nitro benzene ring substituents is 1. The minimum Gasteiger partial charge on any atom is -0.368 e. The number of ether oxygens (including phenoxy) is 1. The molecule has 0 N–H and O–H groups in total. The van der Waals surface area contributed by atoms with E-state index >= 15 is 0 Å². The van der Waals surface area contributed by atoms with Crippen molar-refractivity contribution in [1.82, 2.24) is 4.90 Å². The standard InChI is InChI=1S/C19H20ClN3O4/c20-18-4-2-1-3-15(18)13-27-14-19(24)22-11-9-21(10-12-22)16-5-7-17(8-6-16)23(25)26/h1-8H,9-14H2. The third-order valence-corrected chi connectivity index (χ3v) is 4.87. The van der Waals surface area contributed by atoms with Gasteiger partial charge in [-0.25, -0.2) is 0 Å². The third-order valence-electron chi connectivity index (χ3n) is 4.50. The normalized spacial score (nSPS) is 14.3. The van der Waals surface area contributed by atoms with Crippen molar-refractivity contribution >= 4 is 28.9 Å². The quantitative estimate of drug-likeness (QED) is 0.560. The SMILES string of the molecule is O=C(COCc1ccccc1Cl)N1CCN(c2ccc([N+](=O)[O-])cc2)CC1. The van der Waals surface area contributed by atoms with Crippen molar-refractivity contribution in [2.75, 3.05) is 37.7 Å². The van der Waals surface area contributed by atoms with Crippen LogP contribution in [-0.2, 0) is 16.1 Å². The second-order valence-corrected chi connectivity index (χ2v) is 6.63. The third kappa shape index (κ3) is 4.96. The number of carbonyl (C=O) groups excluding carboxylic acids is 1. The highest BCUT2D eigenvalue weighted by molar-refractivity contribution is 6.31. The fourth-order valence-corrected chi connectivity index (χ4v) is 3.14. The Hall–Kier alpha value is -2.64. The first kappa shape index (κ1) is 19.1. The highest BCUT2D eigenvalue weighted by atomic mass is 35.5. The fraction of sp³-hybridized carbons (Fsp3) is 0.316. The molecule has 0 atom stereocenters. The molecule has 0 radical (unpaired) electrons. The van der Waals surface area contributed by atoms with Crippen LogP contribution in [0.3, 0.4) is 0 Å². The largest absolute Gasteiger partial charge is 0.368 e. The molecule has 0 unspecified atom stereocenters. The Morgan fingerprint density at radius 2 is 1.74 bits per heavy atom. The summed E-state index contributed by atoms with van der Waals surface area (Å²) < 4.78 is 5.51. The van der Waals surface area contributed by atoms with E-state index in [1.54, 1.807) is 23.1 Å². The summed E-state index contributed by atoms with van der Waals surface area (Å²) in [6, 6.07) is 13.9. The Morgan fingerprint density at radius 1 is 1.07 bits per heavy atom. The van der Waals surface area contributed by atoms with Crippen LogP contribution in [0.5, 0.6) is 0 Å². The van der Waals surface area contributed by atoms with Crippen LogP contribution in [0.2, 0.25) is 5.02 Å². The zero-order valence-corrected chi connectivity index (χ0v) is 15.5. The highest BCUT2D eigenvalue weighted by Gasteiger charge is 2.21. The Labute approximate surface area is 162 Å². The lowest BCUT2D eigenvalue weighted by atomic mass is 10.2. The van der Waals surface area contributed by atoms with Crippen LogP contribution in [0.25, 0.3) is 0 Å². The molecule has 0 aromatic heterocycles. The first-order valence-electron chi connectivity index (χ1n) is 8.63. The number of rotatable bonds is 6. The van der Waals surface area contributed by atoms with Gasteiger partial charge in [-0.15, -0.1) is 0 Å². The molecular weight excluding hydrogens is 370 g/mol. The molecule has 27 heavy (non-hydrogen) atoms. The monoisotopic (exact) mass is 389 g/mol. The molecule has 1 fully saturated rings. The number of nitro groups is 1. The predicted molar refractivity (Wildman–Crippen MR) is 103 cm³/mol. The van der Waals surface area contributed by atoms with Gasteiger partial charge in [0.25, 0.3) is 5.69 Å². The number of benzene rings is 2. The molecule has 0 aliphatic carbocycles. The number of anilines is 1. The van der Waals surface area contributed by atoms with Crippen molar-refractivity contribution in [1.29, 1.82) is 0 Å². The van der Waals surface area contributed by atoms with E-state index in [1.165, 1.54) is 12.1 Å².